The molecule has 45 heavy (non-hydrogen) atoms. The Bertz CT molecular complexity index is 1570. The van der Waals surface area contributed by atoms with Gasteiger partial charge in [-0.3, -0.25) is 14.4 Å². The Morgan fingerprint density at radius 3 is 2.40 bits per heavy atom. The first-order chi connectivity index (χ1) is 21.6. The molecule has 4 N–H and O–H groups in total. The van der Waals surface area contributed by atoms with E-state index in [1.54, 1.807) is 4.90 Å². The van der Waals surface area contributed by atoms with Crippen LogP contribution in [0.25, 0.3) is 11.3 Å². The third-order valence-corrected chi connectivity index (χ3v) is 9.48. The highest BCUT2D eigenvalue weighted by atomic mass is 32.2. The Labute approximate surface area is 260 Å². The maximum Gasteiger partial charge on any atom is 0.291 e. The summed E-state index contributed by atoms with van der Waals surface area (Å²) in [5.74, 6) is -3.92. The molecule has 2 aromatic carbocycles. The molecule has 1 unspecified atom stereocenters. The number of imidazole rings is 1. The summed E-state index contributed by atoms with van der Waals surface area (Å²) in [6, 6.07) is 6.79. The van der Waals surface area contributed by atoms with Crippen LogP contribution in [-0.4, -0.2) is 103 Å². The van der Waals surface area contributed by atoms with Gasteiger partial charge in [0.1, 0.15) is 5.75 Å². The van der Waals surface area contributed by atoms with E-state index in [-0.39, 0.29) is 57.5 Å². The van der Waals surface area contributed by atoms with E-state index < -0.39 is 28.5 Å². The van der Waals surface area contributed by atoms with Crippen molar-refractivity contribution in [2.75, 3.05) is 51.7 Å². The van der Waals surface area contributed by atoms with Crippen LogP contribution in [0.2, 0.25) is 0 Å². The summed E-state index contributed by atoms with van der Waals surface area (Å²) in [5, 5.41) is 23.4. The molecular weight excluding hydrogens is 614 g/mol. The first-order valence-electron chi connectivity index (χ1n) is 14.0. The molecular formula is C29H34F2N6O7S. The number of hydrogen-bond acceptors (Lipinski definition) is 8. The first-order valence-corrected chi connectivity index (χ1v) is 15.2. The Hall–Kier alpha value is -4.41. The number of phenolic OH excluding ortho intramolecular Hbond substituents is 1. The fraction of sp³-hybridized carbons (Fsp3) is 0.379. The molecule has 242 valence electrons. The molecule has 2 aliphatic heterocycles. The number of piperazine rings is 1. The summed E-state index contributed by atoms with van der Waals surface area (Å²) in [7, 11) is 1.62. The van der Waals surface area contributed by atoms with Crippen LogP contribution >= 0.6 is 0 Å². The number of carbonyl (C=O) groups is 3. The number of likely N-dealkylation sites (tertiary alicyclic amines) is 1. The van der Waals surface area contributed by atoms with Crippen molar-refractivity contribution in [3.8, 4) is 22.8 Å². The smallest absolute Gasteiger partial charge is 0.291 e. The standard InChI is InChI=1S/C28H32F2N6O5S.CH2O2/c1-34-21(19-5-6-23(41-2)25(30)24(19)29)16-32-26(34)27(38)33-17-3-4-20(22(37)15-17)28(39)35-11-7-18(8-12-35)42(40)36-13-9-31-10-14-36;2-1-3/h3-6,15-16,18,31,37H,7-14H2,1-2H3,(H,33,38);1H,(H,2,3). The summed E-state index contributed by atoms with van der Waals surface area (Å²) in [5.41, 5.74) is 0.377. The molecule has 1 atom stereocenters. The fourth-order valence-corrected chi connectivity index (χ4v) is 6.78. The van der Waals surface area contributed by atoms with Crippen molar-refractivity contribution in [3.05, 3.63) is 59.6 Å². The quantitative estimate of drug-likeness (QED) is 0.281. The van der Waals surface area contributed by atoms with Crippen LogP contribution in [0.15, 0.2) is 36.5 Å². The van der Waals surface area contributed by atoms with Crippen LogP contribution in [0, 0.1) is 11.6 Å². The number of carboxylic acid groups (broad SMARTS) is 1. The lowest BCUT2D eigenvalue weighted by molar-refractivity contribution is -0.122. The summed E-state index contributed by atoms with van der Waals surface area (Å²) < 4.78 is 49.9. The number of ether oxygens (including phenoxy) is 1. The second-order valence-electron chi connectivity index (χ2n) is 10.2. The number of carbonyl (C=O) groups excluding carboxylic acids is 2. The number of aromatic hydroxyl groups is 1. The van der Waals surface area contributed by atoms with Gasteiger partial charge in [0.05, 0.1) is 40.8 Å². The molecule has 2 aliphatic rings. The Balaban J connectivity index is 0.00000148. The van der Waals surface area contributed by atoms with Gasteiger partial charge in [0.25, 0.3) is 18.3 Å². The predicted octanol–water partition coefficient (Wildman–Crippen LogP) is 2.21. The SMILES string of the molecule is COc1ccc(-c2cnc(C(=O)Nc3ccc(C(=O)N4CCC(S(=O)N5CCNCC5)CC4)c(O)c3)n2C)c(F)c1F.O=CO. The van der Waals surface area contributed by atoms with Crippen molar-refractivity contribution < 1.29 is 42.3 Å². The predicted molar refractivity (Wildman–Crippen MR) is 161 cm³/mol. The minimum Gasteiger partial charge on any atom is -0.507 e. The number of phenols is 1. The maximum atomic E-state index is 14.6. The van der Waals surface area contributed by atoms with Crippen LogP contribution in [0.3, 0.4) is 0 Å². The second-order valence-corrected chi connectivity index (χ2v) is 11.9. The molecule has 2 saturated heterocycles. The Morgan fingerprint density at radius 1 is 1.11 bits per heavy atom. The number of piperidine rings is 1. The summed E-state index contributed by atoms with van der Waals surface area (Å²) in [6.07, 6.45) is 2.47. The van der Waals surface area contributed by atoms with E-state index in [9.17, 15) is 27.7 Å². The van der Waals surface area contributed by atoms with Gasteiger partial charge >= 0.3 is 0 Å². The number of nitrogens with one attached hydrogen (secondary N) is 2. The molecule has 13 nitrogen and oxygen atoms in total. The second kappa shape index (κ2) is 15.0. The van der Waals surface area contributed by atoms with E-state index in [4.69, 9.17) is 14.6 Å². The lowest BCUT2D eigenvalue weighted by Gasteiger charge is -2.35. The number of amides is 2. The number of nitrogens with zero attached hydrogens (tertiary/aromatic N) is 4. The molecule has 2 amide bonds. The molecule has 2 fully saturated rings. The van der Waals surface area contributed by atoms with Crippen molar-refractivity contribution in [1.29, 1.82) is 0 Å². The van der Waals surface area contributed by atoms with Crippen molar-refractivity contribution >= 4 is 35.0 Å². The highest BCUT2D eigenvalue weighted by Gasteiger charge is 2.31. The van der Waals surface area contributed by atoms with Crippen molar-refractivity contribution in [2.24, 2.45) is 7.05 Å². The van der Waals surface area contributed by atoms with Crippen LogP contribution in [-0.2, 0) is 22.8 Å². The Kier molecular flexibility index (Phi) is 11.2. The van der Waals surface area contributed by atoms with Gasteiger partial charge in [0.2, 0.25) is 5.82 Å². The van der Waals surface area contributed by atoms with E-state index in [2.05, 4.69) is 15.6 Å². The van der Waals surface area contributed by atoms with E-state index >= 15 is 0 Å². The number of benzene rings is 2. The number of anilines is 1. The maximum absolute atomic E-state index is 14.6. The summed E-state index contributed by atoms with van der Waals surface area (Å²) in [6.45, 7) is 3.72. The van der Waals surface area contributed by atoms with Crippen molar-refractivity contribution in [3.63, 3.8) is 0 Å². The summed E-state index contributed by atoms with van der Waals surface area (Å²) in [4.78, 5) is 40.1. The van der Waals surface area contributed by atoms with E-state index in [1.165, 1.54) is 55.3 Å². The van der Waals surface area contributed by atoms with Crippen LogP contribution < -0.4 is 15.4 Å². The molecule has 0 radical (unpaired) electrons. The van der Waals surface area contributed by atoms with Gasteiger partial charge < -0.3 is 35.1 Å². The van der Waals surface area contributed by atoms with Crippen molar-refractivity contribution in [1.82, 2.24) is 24.1 Å². The molecule has 16 heteroatoms. The highest BCUT2D eigenvalue weighted by molar-refractivity contribution is 7.83. The number of halogens is 2. The van der Waals surface area contributed by atoms with E-state index in [0.717, 1.165) is 26.2 Å². The third-order valence-electron chi connectivity index (χ3n) is 7.56. The molecule has 1 aromatic heterocycles. The van der Waals surface area contributed by atoms with Gasteiger partial charge in [-0.05, 0) is 37.1 Å². The van der Waals surface area contributed by atoms with Gasteiger partial charge in [-0.25, -0.2) is 17.9 Å². The van der Waals surface area contributed by atoms with E-state index in [0.29, 0.717) is 25.9 Å². The normalized spacial score (nSPS) is 16.3. The van der Waals surface area contributed by atoms with Gasteiger partial charge in [-0.1, -0.05) is 0 Å². The van der Waals surface area contributed by atoms with Crippen LogP contribution in [0.4, 0.5) is 14.5 Å². The number of hydrogen-bond donors (Lipinski definition) is 4. The fourth-order valence-electron chi connectivity index (χ4n) is 5.20. The lowest BCUT2D eigenvalue weighted by atomic mass is 10.1. The largest absolute Gasteiger partial charge is 0.507 e. The first kappa shape index (κ1) is 33.5. The average molecular weight is 649 g/mol. The van der Waals surface area contributed by atoms with Gasteiger partial charge in [0.15, 0.2) is 17.4 Å². The van der Waals surface area contributed by atoms with E-state index in [1.807, 2.05) is 4.31 Å². The van der Waals surface area contributed by atoms with Crippen LogP contribution in [0.1, 0.15) is 33.8 Å². The topological polar surface area (TPSA) is 166 Å². The lowest BCUT2D eigenvalue weighted by Crippen LogP contribution is -2.49. The molecule has 0 spiro atoms. The monoisotopic (exact) mass is 648 g/mol. The number of methoxy groups -OCH3 is 1. The van der Waals surface area contributed by atoms with Gasteiger partial charge in [-0.15, -0.1) is 0 Å². The molecule has 0 saturated carbocycles. The zero-order chi connectivity index (χ0) is 32.7. The molecule has 3 aromatic rings. The zero-order valence-corrected chi connectivity index (χ0v) is 25.5. The van der Waals surface area contributed by atoms with Gasteiger partial charge in [0, 0.05) is 63.6 Å². The number of aromatic nitrogens is 2. The molecule has 5 rings (SSSR count). The van der Waals surface area contributed by atoms with Crippen molar-refractivity contribution in [2.45, 2.75) is 18.1 Å². The molecule has 0 aliphatic carbocycles. The number of rotatable bonds is 7. The Morgan fingerprint density at radius 2 is 1.78 bits per heavy atom. The minimum atomic E-state index is -1.15. The molecule has 3 heterocycles. The van der Waals surface area contributed by atoms with Gasteiger partial charge in [-0.2, -0.15) is 4.39 Å². The summed E-state index contributed by atoms with van der Waals surface area (Å²) >= 11 is 0. The highest BCUT2D eigenvalue weighted by Crippen LogP contribution is 2.31. The minimum absolute atomic E-state index is 0.00906. The zero-order valence-electron chi connectivity index (χ0n) is 24.7. The molecule has 0 bridgehead atoms. The van der Waals surface area contributed by atoms with Crippen LogP contribution in [0.5, 0.6) is 11.5 Å². The average Bonchev–Trinajstić information content (AvgIpc) is 3.43. The third kappa shape index (κ3) is 7.46.